The second-order valence-electron chi connectivity index (χ2n) is 3.95. The predicted octanol–water partition coefficient (Wildman–Crippen LogP) is 2.37. The molecule has 0 aliphatic heterocycles. The number of H-pyrrole nitrogens is 1. The molecule has 0 fully saturated rings. The molecule has 0 amide bonds. The van der Waals surface area contributed by atoms with E-state index in [9.17, 15) is 0 Å². The van der Waals surface area contributed by atoms with Gasteiger partial charge in [0.15, 0.2) is 11.5 Å². The van der Waals surface area contributed by atoms with E-state index < -0.39 is 0 Å². The standard InChI is InChI=1S/C13H16ClN3O2/c1-18-11-6-9(5-10(14)13(11)19-2)7-15-8-12-16-3-4-17-12/h3-6,15H,7-8H2,1-2H3,(H,16,17). The topological polar surface area (TPSA) is 59.2 Å². The highest BCUT2D eigenvalue weighted by Gasteiger charge is 2.10. The van der Waals surface area contributed by atoms with Crippen molar-refractivity contribution in [3.05, 3.63) is 40.9 Å². The number of aromatic amines is 1. The highest BCUT2D eigenvalue weighted by molar-refractivity contribution is 6.32. The summed E-state index contributed by atoms with van der Waals surface area (Å²) < 4.78 is 10.4. The largest absolute Gasteiger partial charge is 0.493 e. The molecule has 19 heavy (non-hydrogen) atoms. The van der Waals surface area contributed by atoms with E-state index in [1.165, 1.54) is 0 Å². The van der Waals surface area contributed by atoms with E-state index in [1.807, 2.05) is 12.1 Å². The van der Waals surface area contributed by atoms with Gasteiger partial charge in [0, 0.05) is 18.9 Å². The Hall–Kier alpha value is -1.72. The third kappa shape index (κ3) is 3.39. The number of nitrogens with zero attached hydrogens (tertiary/aromatic N) is 1. The number of hydrogen-bond acceptors (Lipinski definition) is 4. The van der Waals surface area contributed by atoms with Gasteiger partial charge in [0.1, 0.15) is 5.82 Å². The fourth-order valence-electron chi connectivity index (χ4n) is 1.79. The van der Waals surface area contributed by atoms with Gasteiger partial charge in [-0.25, -0.2) is 4.98 Å². The molecule has 0 saturated heterocycles. The highest BCUT2D eigenvalue weighted by atomic mass is 35.5. The molecular formula is C13H16ClN3O2. The fourth-order valence-corrected chi connectivity index (χ4v) is 2.10. The first-order valence-corrected chi connectivity index (χ1v) is 6.21. The smallest absolute Gasteiger partial charge is 0.179 e. The first-order chi connectivity index (χ1) is 9.24. The van der Waals surface area contributed by atoms with E-state index >= 15 is 0 Å². The SMILES string of the molecule is COc1cc(CNCc2ncc[nH]2)cc(Cl)c1OC. The zero-order valence-corrected chi connectivity index (χ0v) is 11.6. The quantitative estimate of drug-likeness (QED) is 0.853. The zero-order chi connectivity index (χ0) is 13.7. The summed E-state index contributed by atoms with van der Waals surface area (Å²) in [5.74, 6) is 2.08. The van der Waals surface area contributed by atoms with E-state index in [2.05, 4.69) is 15.3 Å². The highest BCUT2D eigenvalue weighted by Crippen LogP contribution is 2.35. The van der Waals surface area contributed by atoms with Crippen molar-refractivity contribution in [3.63, 3.8) is 0 Å². The lowest BCUT2D eigenvalue weighted by Crippen LogP contribution is -2.13. The Morgan fingerprint density at radius 3 is 2.74 bits per heavy atom. The van der Waals surface area contributed by atoms with E-state index in [1.54, 1.807) is 26.6 Å². The van der Waals surface area contributed by atoms with E-state index in [0.29, 0.717) is 29.6 Å². The summed E-state index contributed by atoms with van der Waals surface area (Å²) in [5.41, 5.74) is 1.02. The van der Waals surface area contributed by atoms with Crippen molar-refractivity contribution in [2.45, 2.75) is 13.1 Å². The molecule has 0 spiro atoms. The van der Waals surface area contributed by atoms with E-state index in [4.69, 9.17) is 21.1 Å². The second kappa shape index (κ2) is 6.45. The Labute approximate surface area is 116 Å². The van der Waals surface area contributed by atoms with Gasteiger partial charge < -0.3 is 19.8 Å². The Morgan fingerprint density at radius 2 is 2.11 bits per heavy atom. The van der Waals surface area contributed by atoms with Gasteiger partial charge in [-0.15, -0.1) is 0 Å². The minimum Gasteiger partial charge on any atom is -0.493 e. The van der Waals surface area contributed by atoms with Crippen LogP contribution in [-0.2, 0) is 13.1 Å². The van der Waals surface area contributed by atoms with Crippen LogP contribution in [0.25, 0.3) is 0 Å². The minimum absolute atomic E-state index is 0.539. The van der Waals surface area contributed by atoms with Crippen LogP contribution in [0, 0.1) is 0 Å². The van der Waals surface area contributed by atoms with Crippen LogP contribution < -0.4 is 14.8 Å². The average Bonchev–Trinajstić information content (AvgIpc) is 2.91. The van der Waals surface area contributed by atoms with Crippen molar-refractivity contribution in [2.24, 2.45) is 0 Å². The number of methoxy groups -OCH3 is 2. The minimum atomic E-state index is 0.539. The number of aromatic nitrogens is 2. The third-order valence-corrected chi connectivity index (χ3v) is 2.95. The van der Waals surface area contributed by atoms with Crippen LogP contribution >= 0.6 is 11.6 Å². The molecule has 6 heteroatoms. The van der Waals surface area contributed by atoms with Crippen LogP contribution in [-0.4, -0.2) is 24.2 Å². The summed E-state index contributed by atoms with van der Waals surface area (Å²) in [6, 6.07) is 3.76. The van der Waals surface area contributed by atoms with Crippen LogP contribution in [0.4, 0.5) is 0 Å². The van der Waals surface area contributed by atoms with Crippen molar-refractivity contribution >= 4 is 11.6 Å². The molecular weight excluding hydrogens is 266 g/mol. The number of hydrogen-bond donors (Lipinski definition) is 2. The molecule has 0 aliphatic carbocycles. The van der Waals surface area contributed by atoms with Gasteiger partial charge in [0.25, 0.3) is 0 Å². The third-order valence-electron chi connectivity index (χ3n) is 2.67. The molecule has 0 atom stereocenters. The number of ether oxygens (including phenoxy) is 2. The molecule has 1 aromatic carbocycles. The summed E-state index contributed by atoms with van der Waals surface area (Å²) in [6.07, 6.45) is 3.52. The first-order valence-electron chi connectivity index (χ1n) is 5.84. The van der Waals surface area contributed by atoms with Gasteiger partial charge >= 0.3 is 0 Å². The fraction of sp³-hybridized carbons (Fsp3) is 0.308. The monoisotopic (exact) mass is 281 g/mol. The van der Waals surface area contributed by atoms with Crippen LogP contribution in [0.15, 0.2) is 24.5 Å². The zero-order valence-electron chi connectivity index (χ0n) is 10.9. The molecule has 0 unspecified atom stereocenters. The van der Waals surface area contributed by atoms with Crippen molar-refractivity contribution in [3.8, 4) is 11.5 Å². The Kier molecular flexibility index (Phi) is 4.65. The summed E-state index contributed by atoms with van der Waals surface area (Å²) >= 11 is 6.14. The van der Waals surface area contributed by atoms with Gasteiger partial charge in [0.05, 0.1) is 25.8 Å². The van der Waals surface area contributed by atoms with Crippen molar-refractivity contribution in [1.29, 1.82) is 0 Å². The van der Waals surface area contributed by atoms with Gasteiger partial charge in [0.2, 0.25) is 0 Å². The molecule has 2 rings (SSSR count). The molecule has 1 aromatic heterocycles. The molecule has 102 valence electrons. The molecule has 0 aliphatic rings. The maximum Gasteiger partial charge on any atom is 0.179 e. The number of halogens is 1. The average molecular weight is 282 g/mol. The molecule has 2 aromatic rings. The maximum absolute atomic E-state index is 6.14. The second-order valence-corrected chi connectivity index (χ2v) is 4.36. The number of nitrogens with one attached hydrogen (secondary N) is 2. The lowest BCUT2D eigenvalue weighted by atomic mass is 10.2. The normalized spacial score (nSPS) is 10.5. The first kappa shape index (κ1) is 13.7. The van der Waals surface area contributed by atoms with Crippen molar-refractivity contribution < 1.29 is 9.47 Å². The van der Waals surface area contributed by atoms with Gasteiger partial charge in [-0.05, 0) is 17.7 Å². The van der Waals surface area contributed by atoms with Gasteiger partial charge in [-0.2, -0.15) is 0 Å². The molecule has 5 nitrogen and oxygen atoms in total. The summed E-state index contributed by atoms with van der Waals surface area (Å²) in [7, 11) is 3.16. The molecule has 1 heterocycles. The molecule has 0 radical (unpaired) electrons. The number of imidazole rings is 1. The molecule has 0 saturated carbocycles. The lowest BCUT2D eigenvalue weighted by molar-refractivity contribution is 0.354. The van der Waals surface area contributed by atoms with Crippen LogP contribution in [0.1, 0.15) is 11.4 Å². The predicted molar refractivity (Wildman–Crippen MR) is 73.7 cm³/mol. The van der Waals surface area contributed by atoms with Crippen LogP contribution in [0.2, 0.25) is 5.02 Å². The van der Waals surface area contributed by atoms with E-state index in [0.717, 1.165) is 11.4 Å². The maximum atomic E-state index is 6.14. The van der Waals surface area contributed by atoms with Gasteiger partial charge in [-0.3, -0.25) is 0 Å². The number of rotatable bonds is 6. The van der Waals surface area contributed by atoms with Gasteiger partial charge in [-0.1, -0.05) is 11.6 Å². The number of benzene rings is 1. The van der Waals surface area contributed by atoms with Crippen LogP contribution in [0.5, 0.6) is 11.5 Å². The van der Waals surface area contributed by atoms with Crippen molar-refractivity contribution in [1.82, 2.24) is 15.3 Å². The summed E-state index contributed by atoms with van der Waals surface area (Å²) in [5, 5.41) is 3.81. The van der Waals surface area contributed by atoms with E-state index in [-0.39, 0.29) is 0 Å². The Morgan fingerprint density at radius 1 is 1.26 bits per heavy atom. The summed E-state index contributed by atoms with van der Waals surface area (Å²) in [4.78, 5) is 7.17. The Balaban J connectivity index is 2.02. The Bertz CT molecular complexity index is 529. The lowest BCUT2D eigenvalue weighted by Gasteiger charge is -2.12. The van der Waals surface area contributed by atoms with Crippen molar-refractivity contribution in [2.75, 3.05) is 14.2 Å². The van der Waals surface area contributed by atoms with Crippen LogP contribution in [0.3, 0.4) is 0 Å². The molecule has 0 bridgehead atoms. The molecule has 2 N–H and O–H groups in total. The summed E-state index contributed by atoms with van der Waals surface area (Å²) in [6.45, 7) is 1.33.